The average molecular weight is 344 g/mol. The number of para-hydroxylation sites is 2. The van der Waals surface area contributed by atoms with Gasteiger partial charge in [0, 0.05) is 23.3 Å². The van der Waals surface area contributed by atoms with Gasteiger partial charge in [0.15, 0.2) is 0 Å². The lowest BCUT2D eigenvalue weighted by Gasteiger charge is -2.11. The third kappa shape index (κ3) is 2.95. The summed E-state index contributed by atoms with van der Waals surface area (Å²) in [4.78, 5) is 27.8. The molecule has 3 N–H and O–H groups in total. The predicted octanol–water partition coefficient (Wildman–Crippen LogP) is 3.03. The lowest BCUT2D eigenvalue weighted by Crippen LogP contribution is -2.42. The van der Waals surface area contributed by atoms with Gasteiger partial charge in [0.05, 0.1) is 11.3 Å². The van der Waals surface area contributed by atoms with E-state index in [0.29, 0.717) is 11.3 Å². The SMILES string of the molecule is O=C(NNC(=O)c1ccccc1-n1cccc1)c1cc2ccccc2[nH]1. The molecule has 6 nitrogen and oxygen atoms in total. The van der Waals surface area contributed by atoms with Gasteiger partial charge in [-0.2, -0.15) is 0 Å². The quantitative estimate of drug-likeness (QED) is 0.500. The Morgan fingerprint density at radius 3 is 2.31 bits per heavy atom. The largest absolute Gasteiger partial charge is 0.350 e. The van der Waals surface area contributed by atoms with Crippen LogP contribution in [-0.4, -0.2) is 21.4 Å². The number of hydrogen-bond donors (Lipinski definition) is 3. The third-order valence-corrected chi connectivity index (χ3v) is 4.10. The summed E-state index contributed by atoms with van der Waals surface area (Å²) in [6.07, 6.45) is 3.71. The summed E-state index contributed by atoms with van der Waals surface area (Å²) in [5.74, 6) is -0.799. The maximum Gasteiger partial charge on any atom is 0.286 e. The Balaban J connectivity index is 1.50. The average Bonchev–Trinajstić information content (AvgIpc) is 3.35. The van der Waals surface area contributed by atoms with Gasteiger partial charge in [0.1, 0.15) is 5.69 Å². The highest BCUT2D eigenvalue weighted by Gasteiger charge is 2.14. The number of carbonyl (C=O) groups excluding carboxylic acids is 2. The van der Waals surface area contributed by atoms with Crippen LogP contribution in [0.4, 0.5) is 0 Å². The fourth-order valence-corrected chi connectivity index (χ4v) is 2.83. The van der Waals surface area contributed by atoms with Crippen molar-refractivity contribution in [1.29, 1.82) is 0 Å². The second-order valence-electron chi connectivity index (χ2n) is 5.79. The van der Waals surface area contributed by atoms with Gasteiger partial charge in [-0.05, 0) is 36.4 Å². The van der Waals surface area contributed by atoms with E-state index in [0.717, 1.165) is 16.6 Å². The lowest BCUT2D eigenvalue weighted by atomic mass is 10.1. The lowest BCUT2D eigenvalue weighted by molar-refractivity contribution is 0.0844. The first kappa shape index (κ1) is 15.7. The van der Waals surface area contributed by atoms with E-state index in [2.05, 4.69) is 15.8 Å². The van der Waals surface area contributed by atoms with Crippen LogP contribution in [0.3, 0.4) is 0 Å². The third-order valence-electron chi connectivity index (χ3n) is 4.10. The van der Waals surface area contributed by atoms with Crippen molar-refractivity contribution in [3.05, 3.63) is 90.4 Å². The van der Waals surface area contributed by atoms with E-state index in [9.17, 15) is 9.59 Å². The number of benzene rings is 2. The first-order valence-electron chi connectivity index (χ1n) is 8.13. The summed E-state index contributed by atoms with van der Waals surface area (Å²) in [7, 11) is 0. The van der Waals surface area contributed by atoms with Gasteiger partial charge in [0.2, 0.25) is 0 Å². The summed E-state index contributed by atoms with van der Waals surface area (Å²) < 4.78 is 1.84. The van der Waals surface area contributed by atoms with Crippen LogP contribution in [0.15, 0.2) is 79.1 Å². The molecule has 2 heterocycles. The summed E-state index contributed by atoms with van der Waals surface area (Å²) in [5, 5.41) is 0.932. The van der Waals surface area contributed by atoms with Crippen molar-refractivity contribution >= 4 is 22.7 Å². The summed E-state index contributed by atoms with van der Waals surface area (Å²) in [6.45, 7) is 0. The van der Waals surface area contributed by atoms with E-state index in [4.69, 9.17) is 0 Å². The minimum Gasteiger partial charge on any atom is -0.350 e. The number of H-pyrrole nitrogens is 1. The molecule has 128 valence electrons. The first-order chi connectivity index (χ1) is 12.7. The Bertz CT molecular complexity index is 1050. The molecule has 2 aromatic carbocycles. The summed E-state index contributed by atoms with van der Waals surface area (Å²) in [5.41, 5.74) is 7.36. The zero-order valence-electron chi connectivity index (χ0n) is 13.8. The highest BCUT2D eigenvalue weighted by atomic mass is 16.2. The van der Waals surface area contributed by atoms with Crippen LogP contribution in [-0.2, 0) is 0 Å². The van der Waals surface area contributed by atoms with Crippen LogP contribution in [0.2, 0.25) is 0 Å². The zero-order chi connectivity index (χ0) is 17.9. The summed E-state index contributed by atoms with van der Waals surface area (Å²) >= 11 is 0. The molecule has 0 fully saturated rings. The normalized spacial score (nSPS) is 10.6. The minimum absolute atomic E-state index is 0.380. The van der Waals surface area contributed by atoms with Crippen LogP contribution < -0.4 is 10.9 Å². The van der Waals surface area contributed by atoms with Gasteiger partial charge < -0.3 is 9.55 Å². The fraction of sp³-hybridized carbons (Fsp3) is 0. The monoisotopic (exact) mass is 344 g/mol. The maximum atomic E-state index is 12.5. The van der Waals surface area contributed by atoms with Gasteiger partial charge in [0.25, 0.3) is 11.8 Å². The predicted molar refractivity (Wildman–Crippen MR) is 99.0 cm³/mol. The summed E-state index contributed by atoms with van der Waals surface area (Å²) in [6, 6.07) is 20.3. The second kappa shape index (κ2) is 6.60. The molecule has 4 aromatic rings. The minimum atomic E-state index is -0.409. The van der Waals surface area contributed by atoms with Gasteiger partial charge in [-0.3, -0.25) is 20.4 Å². The molecule has 0 unspecified atom stereocenters. The van der Waals surface area contributed by atoms with Gasteiger partial charge in [-0.1, -0.05) is 30.3 Å². The van der Waals surface area contributed by atoms with E-state index in [-0.39, 0.29) is 0 Å². The Kier molecular flexibility index (Phi) is 3.99. The van der Waals surface area contributed by atoms with Crippen LogP contribution in [0, 0.1) is 0 Å². The van der Waals surface area contributed by atoms with E-state index in [1.54, 1.807) is 18.2 Å². The first-order valence-corrected chi connectivity index (χ1v) is 8.13. The second-order valence-corrected chi connectivity index (χ2v) is 5.79. The van der Waals surface area contributed by atoms with Crippen molar-refractivity contribution in [3.8, 4) is 5.69 Å². The van der Waals surface area contributed by atoms with E-state index in [1.807, 2.05) is 65.5 Å². The van der Waals surface area contributed by atoms with Crippen LogP contribution >= 0.6 is 0 Å². The topological polar surface area (TPSA) is 78.9 Å². The number of hydrogen-bond acceptors (Lipinski definition) is 2. The number of amides is 2. The van der Waals surface area contributed by atoms with Crippen LogP contribution in [0.5, 0.6) is 0 Å². The van der Waals surface area contributed by atoms with Crippen molar-refractivity contribution in [2.24, 2.45) is 0 Å². The molecule has 0 spiro atoms. The fourth-order valence-electron chi connectivity index (χ4n) is 2.83. The molecule has 0 radical (unpaired) electrons. The van der Waals surface area contributed by atoms with Crippen molar-refractivity contribution in [2.45, 2.75) is 0 Å². The standard InChI is InChI=1S/C20H16N4O2/c25-19(15-8-2-4-10-18(15)24-11-5-6-12-24)22-23-20(26)17-13-14-7-1-3-9-16(14)21-17/h1-13,21H,(H,22,25)(H,23,26). The van der Waals surface area contributed by atoms with Gasteiger partial charge in [-0.25, -0.2) is 0 Å². The Morgan fingerprint density at radius 1 is 0.808 bits per heavy atom. The highest BCUT2D eigenvalue weighted by Crippen LogP contribution is 2.15. The molecule has 26 heavy (non-hydrogen) atoms. The number of aromatic amines is 1. The molecule has 0 aliphatic rings. The van der Waals surface area contributed by atoms with E-state index >= 15 is 0 Å². The number of hydrazine groups is 1. The maximum absolute atomic E-state index is 12.5. The smallest absolute Gasteiger partial charge is 0.286 e. The Morgan fingerprint density at radius 2 is 1.50 bits per heavy atom. The van der Waals surface area contributed by atoms with Crippen LogP contribution in [0.1, 0.15) is 20.8 Å². The molecular formula is C20H16N4O2. The number of carbonyl (C=O) groups is 2. The number of nitrogens with zero attached hydrogens (tertiary/aromatic N) is 1. The molecule has 6 heteroatoms. The zero-order valence-corrected chi connectivity index (χ0v) is 13.8. The molecule has 0 bridgehead atoms. The molecule has 0 aliphatic heterocycles. The molecule has 4 rings (SSSR count). The number of aromatic nitrogens is 2. The van der Waals surface area contributed by atoms with E-state index < -0.39 is 11.8 Å². The number of rotatable bonds is 3. The number of nitrogens with one attached hydrogen (secondary N) is 3. The molecule has 0 saturated carbocycles. The molecule has 0 saturated heterocycles. The van der Waals surface area contributed by atoms with E-state index in [1.165, 1.54) is 0 Å². The van der Waals surface area contributed by atoms with Gasteiger partial charge >= 0.3 is 0 Å². The molecular weight excluding hydrogens is 328 g/mol. The molecule has 2 amide bonds. The van der Waals surface area contributed by atoms with Crippen molar-refractivity contribution in [3.63, 3.8) is 0 Å². The van der Waals surface area contributed by atoms with Crippen molar-refractivity contribution < 1.29 is 9.59 Å². The number of fused-ring (bicyclic) bond motifs is 1. The Hall–Kier alpha value is -3.80. The van der Waals surface area contributed by atoms with Crippen LogP contribution in [0.25, 0.3) is 16.6 Å². The van der Waals surface area contributed by atoms with Gasteiger partial charge in [-0.15, -0.1) is 0 Å². The molecule has 2 aromatic heterocycles. The van der Waals surface area contributed by atoms with Crippen molar-refractivity contribution in [2.75, 3.05) is 0 Å². The molecule has 0 aliphatic carbocycles. The highest BCUT2D eigenvalue weighted by molar-refractivity contribution is 6.02. The van der Waals surface area contributed by atoms with Crippen molar-refractivity contribution in [1.82, 2.24) is 20.4 Å². The molecule has 0 atom stereocenters. The Labute approximate surface area is 149 Å².